The van der Waals surface area contributed by atoms with Crippen LogP contribution >= 0.6 is 0 Å². The molecule has 1 N–H and O–H groups in total. The zero-order chi connectivity index (χ0) is 8.10. The molecule has 0 radical (unpaired) electrons. The number of nitrogens with zero attached hydrogens (tertiary/aromatic N) is 1. The second-order valence-electron chi connectivity index (χ2n) is 3.30. The SMILES string of the molecule is CNC(CC#N)C1CCCC1. The van der Waals surface area contributed by atoms with Crippen LogP contribution in [0.3, 0.4) is 0 Å². The fourth-order valence-electron chi connectivity index (χ4n) is 1.96. The van der Waals surface area contributed by atoms with Crippen LogP contribution in [0.25, 0.3) is 0 Å². The van der Waals surface area contributed by atoms with Crippen LogP contribution < -0.4 is 5.32 Å². The third-order valence-corrected chi connectivity index (χ3v) is 2.65. The van der Waals surface area contributed by atoms with Gasteiger partial charge in [-0.05, 0) is 25.8 Å². The second-order valence-corrected chi connectivity index (χ2v) is 3.30. The molecular weight excluding hydrogens is 136 g/mol. The van der Waals surface area contributed by atoms with Crippen LogP contribution in [0.15, 0.2) is 0 Å². The van der Waals surface area contributed by atoms with Crippen molar-refractivity contribution in [3.63, 3.8) is 0 Å². The topological polar surface area (TPSA) is 35.8 Å². The summed E-state index contributed by atoms with van der Waals surface area (Å²) < 4.78 is 0. The fourth-order valence-corrected chi connectivity index (χ4v) is 1.96. The Bertz CT molecular complexity index is 142. The van der Waals surface area contributed by atoms with E-state index in [1.807, 2.05) is 7.05 Å². The van der Waals surface area contributed by atoms with Crippen molar-refractivity contribution in [2.75, 3.05) is 7.05 Å². The van der Waals surface area contributed by atoms with Gasteiger partial charge in [-0.3, -0.25) is 0 Å². The lowest BCUT2D eigenvalue weighted by molar-refractivity contribution is 0.384. The number of nitrogens with one attached hydrogen (secondary N) is 1. The average Bonchev–Trinajstić information content (AvgIpc) is 2.52. The largest absolute Gasteiger partial charge is 0.316 e. The second kappa shape index (κ2) is 4.35. The van der Waals surface area contributed by atoms with Crippen LogP contribution in [0.4, 0.5) is 0 Å². The lowest BCUT2D eigenvalue weighted by Gasteiger charge is -2.19. The maximum Gasteiger partial charge on any atom is 0.0638 e. The van der Waals surface area contributed by atoms with E-state index < -0.39 is 0 Å². The molecule has 0 spiro atoms. The summed E-state index contributed by atoms with van der Waals surface area (Å²) in [5.74, 6) is 0.764. The van der Waals surface area contributed by atoms with E-state index >= 15 is 0 Å². The van der Waals surface area contributed by atoms with Gasteiger partial charge in [0.25, 0.3) is 0 Å². The molecule has 1 saturated carbocycles. The Hall–Kier alpha value is -0.550. The molecule has 1 atom stereocenters. The summed E-state index contributed by atoms with van der Waals surface area (Å²) in [4.78, 5) is 0. The molecule has 0 aromatic carbocycles. The van der Waals surface area contributed by atoms with Crippen LogP contribution in [0.2, 0.25) is 0 Å². The average molecular weight is 152 g/mol. The van der Waals surface area contributed by atoms with Crippen LogP contribution in [-0.2, 0) is 0 Å². The lowest BCUT2D eigenvalue weighted by Crippen LogP contribution is -2.31. The predicted octanol–water partition coefficient (Wildman–Crippen LogP) is 1.68. The Morgan fingerprint density at radius 3 is 2.64 bits per heavy atom. The number of hydrogen-bond donors (Lipinski definition) is 1. The minimum atomic E-state index is 0.447. The molecule has 2 nitrogen and oxygen atoms in total. The normalized spacial score (nSPS) is 21.5. The maximum absolute atomic E-state index is 8.54. The summed E-state index contributed by atoms with van der Waals surface area (Å²) in [5, 5.41) is 11.8. The minimum Gasteiger partial charge on any atom is -0.316 e. The van der Waals surface area contributed by atoms with E-state index in [-0.39, 0.29) is 0 Å². The molecule has 11 heavy (non-hydrogen) atoms. The van der Waals surface area contributed by atoms with E-state index in [0.717, 1.165) is 5.92 Å². The molecule has 1 aliphatic rings. The van der Waals surface area contributed by atoms with E-state index in [0.29, 0.717) is 12.5 Å². The zero-order valence-corrected chi connectivity index (χ0v) is 7.14. The van der Waals surface area contributed by atoms with Crippen molar-refractivity contribution in [2.24, 2.45) is 5.92 Å². The van der Waals surface area contributed by atoms with Crippen LogP contribution in [-0.4, -0.2) is 13.1 Å². The van der Waals surface area contributed by atoms with Crippen molar-refractivity contribution in [1.82, 2.24) is 5.32 Å². The smallest absolute Gasteiger partial charge is 0.0638 e. The summed E-state index contributed by atoms with van der Waals surface area (Å²) in [5.41, 5.74) is 0. The van der Waals surface area contributed by atoms with Gasteiger partial charge in [-0.15, -0.1) is 0 Å². The quantitative estimate of drug-likeness (QED) is 0.667. The molecule has 1 rings (SSSR count). The molecule has 1 aliphatic carbocycles. The van der Waals surface area contributed by atoms with Gasteiger partial charge in [0.15, 0.2) is 0 Å². The number of nitriles is 1. The monoisotopic (exact) mass is 152 g/mol. The van der Waals surface area contributed by atoms with Crippen molar-refractivity contribution in [3.05, 3.63) is 0 Å². The molecule has 1 unspecified atom stereocenters. The fraction of sp³-hybridized carbons (Fsp3) is 0.889. The van der Waals surface area contributed by atoms with Gasteiger partial charge in [0.2, 0.25) is 0 Å². The first-order chi connectivity index (χ1) is 5.38. The molecule has 2 heteroatoms. The summed E-state index contributed by atoms with van der Waals surface area (Å²) in [6.07, 6.45) is 6.00. The summed E-state index contributed by atoms with van der Waals surface area (Å²) >= 11 is 0. The first-order valence-electron chi connectivity index (χ1n) is 4.42. The Kier molecular flexibility index (Phi) is 3.38. The Labute approximate surface area is 68.6 Å². The van der Waals surface area contributed by atoms with Crippen LogP contribution in [0, 0.1) is 17.2 Å². The van der Waals surface area contributed by atoms with Crippen molar-refractivity contribution >= 4 is 0 Å². The molecule has 62 valence electrons. The highest BCUT2D eigenvalue weighted by Crippen LogP contribution is 2.28. The molecule has 0 aromatic rings. The van der Waals surface area contributed by atoms with Gasteiger partial charge >= 0.3 is 0 Å². The van der Waals surface area contributed by atoms with Crippen molar-refractivity contribution in [1.29, 1.82) is 5.26 Å². The van der Waals surface area contributed by atoms with Crippen molar-refractivity contribution < 1.29 is 0 Å². The van der Waals surface area contributed by atoms with Crippen LogP contribution in [0.1, 0.15) is 32.1 Å². The van der Waals surface area contributed by atoms with E-state index in [2.05, 4.69) is 11.4 Å². The highest BCUT2D eigenvalue weighted by Gasteiger charge is 2.22. The van der Waals surface area contributed by atoms with Gasteiger partial charge in [0.05, 0.1) is 12.5 Å². The zero-order valence-electron chi connectivity index (χ0n) is 7.14. The first-order valence-corrected chi connectivity index (χ1v) is 4.42. The molecule has 0 bridgehead atoms. The van der Waals surface area contributed by atoms with Gasteiger partial charge in [-0.25, -0.2) is 0 Å². The lowest BCUT2D eigenvalue weighted by atomic mass is 9.96. The molecule has 0 amide bonds. The third-order valence-electron chi connectivity index (χ3n) is 2.65. The van der Waals surface area contributed by atoms with Gasteiger partial charge in [0, 0.05) is 6.04 Å². The molecule has 0 saturated heterocycles. The van der Waals surface area contributed by atoms with Crippen molar-refractivity contribution in [3.8, 4) is 6.07 Å². The molecule has 0 aromatic heterocycles. The molecular formula is C9H16N2. The Balaban J connectivity index is 2.34. The van der Waals surface area contributed by atoms with E-state index in [9.17, 15) is 0 Å². The van der Waals surface area contributed by atoms with Gasteiger partial charge in [0.1, 0.15) is 0 Å². The van der Waals surface area contributed by atoms with E-state index in [1.165, 1.54) is 25.7 Å². The molecule has 0 aliphatic heterocycles. The Morgan fingerprint density at radius 1 is 1.55 bits per heavy atom. The number of rotatable bonds is 3. The summed E-state index contributed by atoms with van der Waals surface area (Å²) in [7, 11) is 1.96. The van der Waals surface area contributed by atoms with E-state index in [1.54, 1.807) is 0 Å². The van der Waals surface area contributed by atoms with Gasteiger partial charge < -0.3 is 5.32 Å². The van der Waals surface area contributed by atoms with Crippen molar-refractivity contribution in [2.45, 2.75) is 38.1 Å². The summed E-state index contributed by atoms with van der Waals surface area (Å²) in [6.45, 7) is 0. The highest BCUT2D eigenvalue weighted by molar-refractivity contribution is 4.86. The van der Waals surface area contributed by atoms with Gasteiger partial charge in [-0.2, -0.15) is 5.26 Å². The highest BCUT2D eigenvalue weighted by atomic mass is 14.9. The number of hydrogen-bond acceptors (Lipinski definition) is 2. The maximum atomic E-state index is 8.54. The Morgan fingerprint density at radius 2 is 2.18 bits per heavy atom. The minimum absolute atomic E-state index is 0.447. The third kappa shape index (κ3) is 2.20. The standard InChI is InChI=1S/C9H16N2/c1-11-9(6-7-10)8-4-2-3-5-8/h8-9,11H,2-6H2,1H3. The first kappa shape index (κ1) is 8.55. The molecule has 0 heterocycles. The summed E-state index contributed by atoms with van der Waals surface area (Å²) in [6, 6.07) is 2.68. The molecule has 1 fully saturated rings. The van der Waals surface area contributed by atoms with Gasteiger partial charge in [-0.1, -0.05) is 12.8 Å². The van der Waals surface area contributed by atoms with E-state index in [4.69, 9.17) is 5.26 Å². The van der Waals surface area contributed by atoms with Crippen LogP contribution in [0.5, 0.6) is 0 Å². The predicted molar refractivity (Wildman–Crippen MR) is 45.0 cm³/mol.